The molecule has 0 saturated heterocycles. The summed E-state index contributed by atoms with van der Waals surface area (Å²) in [6.07, 6.45) is 9.67. The molecule has 0 spiro atoms. The molecule has 0 aromatic rings. The van der Waals surface area contributed by atoms with E-state index in [0.717, 1.165) is 32.1 Å². The molecule has 0 aliphatic heterocycles. The molecule has 0 aromatic carbocycles. The molecule has 10 atom stereocenters. The summed E-state index contributed by atoms with van der Waals surface area (Å²) >= 11 is 0. The second-order valence-corrected chi connectivity index (χ2v) is 12.6. The van der Waals surface area contributed by atoms with Crippen molar-refractivity contribution in [2.75, 3.05) is 13.7 Å². The first-order valence-electron chi connectivity index (χ1n) is 13.8. The Morgan fingerprint density at radius 1 is 1.00 bits per heavy atom. The number of aliphatic hydroxyl groups excluding tert-OH is 2. The quantitative estimate of drug-likeness (QED) is 0.480. The fourth-order valence-electron chi connectivity index (χ4n) is 9.23. The van der Waals surface area contributed by atoms with Gasteiger partial charge in [-0.2, -0.15) is 0 Å². The van der Waals surface area contributed by atoms with Crippen molar-refractivity contribution in [3.8, 4) is 0 Å². The number of nitrogens with one attached hydrogen (secondary N) is 1. The van der Waals surface area contributed by atoms with Gasteiger partial charge in [0.25, 0.3) is 0 Å². The monoisotopic (exact) mass is 477 g/mol. The van der Waals surface area contributed by atoms with E-state index in [-0.39, 0.29) is 41.3 Å². The number of amides is 1. The van der Waals surface area contributed by atoms with Crippen molar-refractivity contribution >= 4 is 11.9 Å². The molecule has 4 aliphatic rings. The van der Waals surface area contributed by atoms with Crippen molar-refractivity contribution in [1.82, 2.24) is 5.32 Å². The van der Waals surface area contributed by atoms with Crippen LogP contribution >= 0.6 is 0 Å². The number of rotatable bonds is 7. The SMILES string of the molecule is COC(=O)CCNC(=O)CC[C@@H](C)[C@H]1CCC2C3C(CC[C@@]21C)[C@@]1(C)CC[C@@H](O)C[C@H]1C[C@H]3O. The van der Waals surface area contributed by atoms with Gasteiger partial charge in [-0.25, -0.2) is 0 Å². The minimum absolute atomic E-state index is 0.0142. The van der Waals surface area contributed by atoms with E-state index in [1.54, 1.807) is 0 Å². The second-order valence-electron chi connectivity index (χ2n) is 12.6. The maximum atomic E-state index is 12.3. The number of esters is 1. The molecule has 4 saturated carbocycles. The summed E-state index contributed by atoms with van der Waals surface area (Å²) in [5.41, 5.74) is 0.497. The lowest BCUT2D eigenvalue weighted by atomic mass is 9.43. The van der Waals surface area contributed by atoms with E-state index in [9.17, 15) is 19.8 Å². The van der Waals surface area contributed by atoms with Crippen molar-refractivity contribution < 1.29 is 24.5 Å². The van der Waals surface area contributed by atoms with Crippen molar-refractivity contribution in [3.05, 3.63) is 0 Å². The Bertz CT molecular complexity index is 757. The average molecular weight is 478 g/mol. The van der Waals surface area contributed by atoms with Gasteiger partial charge in [0.2, 0.25) is 5.91 Å². The first kappa shape index (κ1) is 25.9. The highest BCUT2D eigenvalue weighted by molar-refractivity contribution is 5.77. The number of hydrogen-bond donors (Lipinski definition) is 3. The highest BCUT2D eigenvalue weighted by Crippen LogP contribution is 2.68. The van der Waals surface area contributed by atoms with Gasteiger partial charge in [0, 0.05) is 13.0 Å². The van der Waals surface area contributed by atoms with Crippen LogP contribution in [0.4, 0.5) is 0 Å². The molecule has 194 valence electrons. The van der Waals surface area contributed by atoms with E-state index in [1.165, 1.54) is 32.8 Å². The summed E-state index contributed by atoms with van der Waals surface area (Å²) in [4.78, 5) is 23.5. The zero-order valence-corrected chi connectivity index (χ0v) is 21.7. The molecule has 4 aliphatic carbocycles. The van der Waals surface area contributed by atoms with Crippen LogP contribution < -0.4 is 5.32 Å². The van der Waals surface area contributed by atoms with Crippen LogP contribution in [0, 0.1) is 46.3 Å². The summed E-state index contributed by atoms with van der Waals surface area (Å²) in [7, 11) is 1.36. The van der Waals surface area contributed by atoms with Gasteiger partial charge in [-0.05, 0) is 104 Å². The van der Waals surface area contributed by atoms with Gasteiger partial charge in [-0.3, -0.25) is 9.59 Å². The number of ether oxygens (including phenoxy) is 1. The van der Waals surface area contributed by atoms with E-state index in [2.05, 4.69) is 30.8 Å². The molecule has 4 fully saturated rings. The highest BCUT2D eigenvalue weighted by atomic mass is 16.5. The summed E-state index contributed by atoms with van der Waals surface area (Å²) in [6, 6.07) is 0. The van der Waals surface area contributed by atoms with Gasteiger partial charge in [-0.15, -0.1) is 0 Å². The number of fused-ring (bicyclic) bond motifs is 5. The Balaban J connectivity index is 1.37. The number of methoxy groups -OCH3 is 1. The molecule has 3 N–H and O–H groups in total. The van der Waals surface area contributed by atoms with E-state index in [4.69, 9.17) is 0 Å². The maximum Gasteiger partial charge on any atom is 0.307 e. The molecule has 34 heavy (non-hydrogen) atoms. The Labute approximate surface area is 205 Å². The zero-order valence-electron chi connectivity index (χ0n) is 21.7. The fourth-order valence-corrected chi connectivity index (χ4v) is 9.23. The third-order valence-electron chi connectivity index (χ3n) is 11.1. The molecule has 0 radical (unpaired) electrons. The maximum absolute atomic E-state index is 12.3. The van der Waals surface area contributed by atoms with Gasteiger partial charge in [-0.1, -0.05) is 20.8 Å². The van der Waals surface area contributed by atoms with Gasteiger partial charge < -0.3 is 20.3 Å². The van der Waals surface area contributed by atoms with Gasteiger partial charge >= 0.3 is 5.97 Å². The lowest BCUT2D eigenvalue weighted by Gasteiger charge is -2.62. The molecular weight excluding hydrogens is 430 g/mol. The Hall–Kier alpha value is -1.14. The number of aliphatic hydroxyl groups is 2. The van der Waals surface area contributed by atoms with Gasteiger partial charge in [0.05, 0.1) is 25.7 Å². The lowest BCUT2D eigenvalue weighted by Crippen LogP contribution is -2.58. The summed E-state index contributed by atoms with van der Waals surface area (Å²) in [5.74, 6) is 2.73. The van der Waals surface area contributed by atoms with Crippen molar-refractivity contribution in [2.24, 2.45) is 46.3 Å². The predicted octanol–water partition coefficient (Wildman–Crippen LogP) is 4.07. The molecule has 3 unspecified atom stereocenters. The van der Waals surface area contributed by atoms with Gasteiger partial charge in [0.1, 0.15) is 0 Å². The topological polar surface area (TPSA) is 95.9 Å². The van der Waals surface area contributed by atoms with Crippen LogP contribution in [0.3, 0.4) is 0 Å². The van der Waals surface area contributed by atoms with Crippen LogP contribution in [0.5, 0.6) is 0 Å². The Kier molecular flexibility index (Phi) is 7.69. The summed E-state index contributed by atoms with van der Waals surface area (Å²) < 4.78 is 4.63. The van der Waals surface area contributed by atoms with Crippen LogP contribution in [-0.4, -0.2) is 48.0 Å². The molecule has 1 amide bonds. The van der Waals surface area contributed by atoms with Crippen LogP contribution in [0.2, 0.25) is 0 Å². The standard InChI is InChI=1S/C28H47NO5/c1-17(5-8-24(32)29-14-11-25(33)34-4)20-6-7-21-26-22(10-13-28(20,21)3)27(2)12-9-19(30)15-18(27)16-23(26)31/h17-23,26,30-31H,5-16H2,1-4H3,(H,29,32)/t17-,18+,19-,20-,21?,22?,23-,26?,27+,28-/m1/s1. The van der Waals surface area contributed by atoms with Crippen LogP contribution in [-0.2, 0) is 14.3 Å². The second kappa shape index (κ2) is 10.1. The van der Waals surface area contributed by atoms with E-state index >= 15 is 0 Å². The zero-order chi connectivity index (χ0) is 24.7. The molecule has 4 rings (SSSR count). The Morgan fingerprint density at radius 3 is 2.44 bits per heavy atom. The first-order chi connectivity index (χ1) is 16.1. The molecule has 0 aromatic heterocycles. The predicted molar refractivity (Wildman–Crippen MR) is 131 cm³/mol. The minimum Gasteiger partial charge on any atom is -0.469 e. The molecule has 6 nitrogen and oxygen atoms in total. The highest BCUT2D eigenvalue weighted by Gasteiger charge is 2.62. The smallest absolute Gasteiger partial charge is 0.307 e. The van der Waals surface area contributed by atoms with E-state index in [1.807, 2.05) is 0 Å². The van der Waals surface area contributed by atoms with Crippen LogP contribution in [0.15, 0.2) is 0 Å². The summed E-state index contributed by atoms with van der Waals surface area (Å²) in [5, 5.41) is 24.5. The third kappa shape index (κ3) is 4.66. The minimum atomic E-state index is -0.302. The largest absolute Gasteiger partial charge is 0.469 e. The summed E-state index contributed by atoms with van der Waals surface area (Å²) in [6.45, 7) is 7.58. The van der Waals surface area contributed by atoms with Crippen LogP contribution in [0.25, 0.3) is 0 Å². The lowest BCUT2D eigenvalue weighted by molar-refractivity contribution is -0.174. The fraction of sp³-hybridized carbons (Fsp3) is 0.929. The van der Waals surface area contributed by atoms with E-state index < -0.39 is 0 Å². The number of hydrogen-bond acceptors (Lipinski definition) is 5. The first-order valence-corrected chi connectivity index (χ1v) is 13.8. The Morgan fingerprint density at radius 2 is 1.71 bits per heavy atom. The average Bonchev–Trinajstić information content (AvgIpc) is 3.15. The van der Waals surface area contributed by atoms with Crippen molar-refractivity contribution in [1.29, 1.82) is 0 Å². The molecule has 0 bridgehead atoms. The number of carbonyl (C=O) groups excluding carboxylic acids is 2. The van der Waals surface area contributed by atoms with Crippen molar-refractivity contribution in [3.63, 3.8) is 0 Å². The van der Waals surface area contributed by atoms with Gasteiger partial charge in [0.15, 0.2) is 0 Å². The molecule has 0 heterocycles. The normalized spacial score (nSPS) is 44.4. The van der Waals surface area contributed by atoms with E-state index in [0.29, 0.717) is 48.5 Å². The molecular formula is C28H47NO5. The molecule has 6 heteroatoms. The van der Waals surface area contributed by atoms with Crippen molar-refractivity contribution in [2.45, 2.75) is 104 Å². The van der Waals surface area contributed by atoms with Crippen LogP contribution in [0.1, 0.15) is 91.4 Å². The number of carbonyl (C=O) groups is 2. The third-order valence-corrected chi connectivity index (χ3v) is 11.1.